The summed E-state index contributed by atoms with van der Waals surface area (Å²) in [5.74, 6) is 1.62. The third-order valence-corrected chi connectivity index (χ3v) is 7.78. The van der Waals surface area contributed by atoms with E-state index in [2.05, 4.69) is 36.4 Å². The van der Waals surface area contributed by atoms with Crippen LogP contribution in [0, 0.1) is 0 Å². The van der Waals surface area contributed by atoms with Gasteiger partial charge in [-0.1, -0.05) is 59.9 Å². The van der Waals surface area contributed by atoms with E-state index in [0.717, 1.165) is 46.0 Å². The first-order chi connectivity index (χ1) is 17.7. The third-order valence-electron chi connectivity index (χ3n) is 6.79. The van der Waals surface area contributed by atoms with Gasteiger partial charge in [0.15, 0.2) is 4.80 Å². The van der Waals surface area contributed by atoms with Crippen molar-refractivity contribution in [1.29, 1.82) is 0 Å². The van der Waals surface area contributed by atoms with Crippen LogP contribution in [-0.2, 0) is 6.42 Å². The number of aryl methyl sites for hydroxylation is 1. The second-order valence-corrected chi connectivity index (χ2v) is 9.90. The highest BCUT2D eigenvalue weighted by Gasteiger charge is 2.32. The second kappa shape index (κ2) is 9.28. The van der Waals surface area contributed by atoms with Gasteiger partial charge in [-0.05, 0) is 72.4 Å². The number of hydrogen-bond acceptors (Lipinski definition) is 5. The van der Waals surface area contributed by atoms with Crippen LogP contribution in [0.3, 0.4) is 0 Å². The van der Waals surface area contributed by atoms with E-state index in [4.69, 9.17) is 14.5 Å². The number of ether oxygens (including phenoxy) is 2. The van der Waals surface area contributed by atoms with Crippen molar-refractivity contribution in [2.75, 3.05) is 13.7 Å². The van der Waals surface area contributed by atoms with Gasteiger partial charge in [0.1, 0.15) is 11.5 Å². The second-order valence-electron chi connectivity index (χ2n) is 8.89. The molecule has 2 heterocycles. The van der Waals surface area contributed by atoms with Gasteiger partial charge >= 0.3 is 0 Å². The molecular formula is C30H26N2O3S. The number of aromatic nitrogens is 1. The molecule has 0 amide bonds. The first-order valence-corrected chi connectivity index (χ1v) is 13.0. The van der Waals surface area contributed by atoms with E-state index >= 15 is 0 Å². The quantitative estimate of drug-likeness (QED) is 0.403. The normalized spacial score (nSPS) is 16.6. The number of hydrogen-bond donors (Lipinski definition) is 0. The van der Waals surface area contributed by atoms with Crippen molar-refractivity contribution in [3.05, 3.63) is 120 Å². The molecule has 6 heteroatoms. The molecule has 5 nitrogen and oxygen atoms in total. The summed E-state index contributed by atoms with van der Waals surface area (Å²) in [4.78, 5) is 19.6. The summed E-state index contributed by atoms with van der Waals surface area (Å²) in [6.45, 7) is 2.59. The van der Waals surface area contributed by atoms with Crippen LogP contribution in [0.4, 0.5) is 0 Å². The SMILES string of the molecule is CCOc1ccc(/C=c2\sc3n(c2=O)[C@H](c2ccc(OC)cc2)C2=C(N=3)c3ccccc3CC2)cc1. The van der Waals surface area contributed by atoms with Crippen molar-refractivity contribution in [2.24, 2.45) is 4.99 Å². The van der Waals surface area contributed by atoms with Gasteiger partial charge in [-0.3, -0.25) is 9.36 Å². The van der Waals surface area contributed by atoms with Crippen LogP contribution >= 0.6 is 11.3 Å². The molecule has 0 saturated carbocycles. The molecule has 0 bridgehead atoms. The Morgan fingerprint density at radius 1 is 1.00 bits per heavy atom. The number of rotatable bonds is 5. The van der Waals surface area contributed by atoms with Crippen molar-refractivity contribution < 1.29 is 9.47 Å². The fourth-order valence-electron chi connectivity index (χ4n) is 5.09. The molecule has 0 N–H and O–H groups in total. The van der Waals surface area contributed by atoms with Crippen LogP contribution in [0.15, 0.2) is 88.2 Å². The number of nitrogens with zero attached hydrogens (tertiary/aromatic N) is 2. The van der Waals surface area contributed by atoms with Crippen molar-refractivity contribution in [3.8, 4) is 11.5 Å². The summed E-state index contributed by atoms with van der Waals surface area (Å²) < 4.78 is 13.5. The number of methoxy groups -OCH3 is 1. The lowest BCUT2D eigenvalue weighted by atomic mass is 9.83. The average molecular weight is 495 g/mol. The summed E-state index contributed by atoms with van der Waals surface area (Å²) >= 11 is 1.45. The zero-order valence-electron chi connectivity index (χ0n) is 20.2. The number of fused-ring (bicyclic) bond motifs is 3. The van der Waals surface area contributed by atoms with E-state index < -0.39 is 0 Å². The van der Waals surface area contributed by atoms with Gasteiger partial charge in [-0.25, -0.2) is 4.99 Å². The summed E-state index contributed by atoms with van der Waals surface area (Å²) in [7, 11) is 1.66. The van der Waals surface area contributed by atoms with Crippen LogP contribution in [-0.4, -0.2) is 18.3 Å². The van der Waals surface area contributed by atoms with Crippen LogP contribution in [0.5, 0.6) is 11.5 Å². The van der Waals surface area contributed by atoms with E-state index in [0.29, 0.717) is 11.1 Å². The topological polar surface area (TPSA) is 52.8 Å². The van der Waals surface area contributed by atoms with Gasteiger partial charge in [0.2, 0.25) is 0 Å². The predicted octanol–water partition coefficient (Wildman–Crippen LogP) is 4.73. The Morgan fingerprint density at radius 2 is 1.75 bits per heavy atom. The fourth-order valence-corrected chi connectivity index (χ4v) is 6.09. The molecule has 1 aromatic heterocycles. The van der Waals surface area contributed by atoms with E-state index in [9.17, 15) is 4.79 Å². The van der Waals surface area contributed by atoms with Crippen LogP contribution in [0.25, 0.3) is 11.8 Å². The molecule has 1 atom stereocenters. The maximum atomic E-state index is 13.8. The van der Waals surface area contributed by atoms with Crippen LogP contribution in [0.2, 0.25) is 0 Å². The van der Waals surface area contributed by atoms with Crippen molar-refractivity contribution >= 4 is 23.1 Å². The Hall–Kier alpha value is -3.90. The lowest BCUT2D eigenvalue weighted by Crippen LogP contribution is -2.38. The Bertz CT molecular complexity index is 1640. The van der Waals surface area contributed by atoms with E-state index in [-0.39, 0.29) is 11.6 Å². The molecule has 0 unspecified atom stereocenters. The minimum Gasteiger partial charge on any atom is -0.497 e. The monoisotopic (exact) mass is 494 g/mol. The number of thiazole rings is 1. The van der Waals surface area contributed by atoms with Gasteiger partial charge in [0, 0.05) is 5.56 Å². The Labute approximate surface area is 213 Å². The minimum atomic E-state index is -0.196. The molecule has 36 heavy (non-hydrogen) atoms. The first-order valence-electron chi connectivity index (χ1n) is 12.2. The Balaban J connectivity index is 1.54. The summed E-state index contributed by atoms with van der Waals surface area (Å²) in [5.41, 5.74) is 6.68. The zero-order chi connectivity index (χ0) is 24.6. The summed E-state index contributed by atoms with van der Waals surface area (Å²) in [5, 5.41) is 0. The van der Waals surface area contributed by atoms with Gasteiger partial charge in [-0.15, -0.1) is 0 Å². The van der Waals surface area contributed by atoms with E-state index in [1.54, 1.807) is 7.11 Å². The highest BCUT2D eigenvalue weighted by molar-refractivity contribution is 7.07. The van der Waals surface area contributed by atoms with E-state index in [1.165, 1.54) is 28.0 Å². The molecule has 3 aromatic carbocycles. The molecule has 4 aromatic rings. The number of allylic oxidation sites excluding steroid dienone is 1. The smallest absolute Gasteiger partial charge is 0.271 e. The lowest BCUT2D eigenvalue weighted by Gasteiger charge is -2.30. The Kier molecular flexibility index (Phi) is 5.82. The maximum Gasteiger partial charge on any atom is 0.271 e. The molecule has 0 fully saturated rings. The van der Waals surface area contributed by atoms with Gasteiger partial charge in [0.05, 0.1) is 30.0 Å². The van der Waals surface area contributed by atoms with Crippen molar-refractivity contribution in [3.63, 3.8) is 0 Å². The van der Waals surface area contributed by atoms with Gasteiger partial charge in [0.25, 0.3) is 5.56 Å². The predicted molar refractivity (Wildman–Crippen MR) is 143 cm³/mol. The van der Waals surface area contributed by atoms with E-state index in [1.807, 2.05) is 54.0 Å². The summed E-state index contributed by atoms with van der Waals surface area (Å²) in [6, 6.07) is 24.1. The molecule has 180 valence electrons. The fraction of sp³-hybridized carbons (Fsp3) is 0.200. The minimum absolute atomic E-state index is 0.0149. The molecule has 0 radical (unpaired) electrons. The largest absolute Gasteiger partial charge is 0.497 e. The van der Waals surface area contributed by atoms with Gasteiger partial charge in [-0.2, -0.15) is 0 Å². The molecule has 0 spiro atoms. The molecule has 1 aliphatic carbocycles. The first kappa shape index (κ1) is 22.6. The summed E-state index contributed by atoms with van der Waals surface area (Å²) in [6.07, 6.45) is 3.75. The lowest BCUT2D eigenvalue weighted by molar-refractivity contribution is 0.340. The average Bonchev–Trinajstić information content (AvgIpc) is 3.23. The maximum absolute atomic E-state index is 13.8. The zero-order valence-corrected chi connectivity index (χ0v) is 21.0. The standard InChI is InChI=1S/C30H26N2O3S/c1-3-35-23-13-8-19(9-14-23)18-26-29(33)32-28(21-10-15-22(34-2)16-11-21)25-17-12-20-6-4-5-7-24(20)27(25)31-30(32)36-26/h4-11,13-16,18,28H,3,12,17H2,1-2H3/b26-18-/t28-/m1/s1. The van der Waals surface area contributed by atoms with Crippen molar-refractivity contribution in [1.82, 2.24) is 4.57 Å². The molecule has 2 aliphatic rings. The van der Waals surface area contributed by atoms with Crippen LogP contribution < -0.4 is 24.4 Å². The molecule has 1 aliphatic heterocycles. The van der Waals surface area contributed by atoms with Crippen molar-refractivity contribution in [2.45, 2.75) is 25.8 Å². The highest BCUT2D eigenvalue weighted by Crippen LogP contribution is 2.41. The third kappa shape index (κ3) is 3.88. The van der Waals surface area contributed by atoms with Gasteiger partial charge < -0.3 is 9.47 Å². The molecular weight excluding hydrogens is 468 g/mol. The molecule has 6 rings (SSSR count). The van der Waals surface area contributed by atoms with Crippen LogP contribution in [0.1, 0.15) is 41.6 Å². The number of benzene rings is 3. The molecule has 0 saturated heterocycles. The highest BCUT2D eigenvalue weighted by atomic mass is 32.1. The Morgan fingerprint density at radius 3 is 2.50 bits per heavy atom.